The first-order valence-electron chi connectivity index (χ1n) is 9.46. The van der Waals surface area contributed by atoms with Gasteiger partial charge in [-0.05, 0) is 80.5 Å². The van der Waals surface area contributed by atoms with Crippen LogP contribution >= 0.6 is 0 Å². The van der Waals surface area contributed by atoms with Crippen molar-refractivity contribution in [3.8, 4) is 0 Å². The lowest BCUT2D eigenvalue weighted by atomic mass is 9.45. The Morgan fingerprint density at radius 3 is 2.38 bits per heavy atom. The van der Waals surface area contributed by atoms with Crippen LogP contribution in [0.5, 0.6) is 0 Å². The van der Waals surface area contributed by atoms with Gasteiger partial charge in [-0.2, -0.15) is 0 Å². The lowest BCUT2D eigenvalue weighted by Crippen LogP contribution is -2.68. The van der Waals surface area contributed by atoms with E-state index in [1.807, 2.05) is 0 Å². The van der Waals surface area contributed by atoms with Crippen molar-refractivity contribution >= 4 is 0 Å². The van der Waals surface area contributed by atoms with Gasteiger partial charge in [-0.1, -0.05) is 13.8 Å². The molecule has 21 heavy (non-hydrogen) atoms. The van der Waals surface area contributed by atoms with Crippen molar-refractivity contribution < 1.29 is 10.8 Å². The molecule has 0 bridgehead atoms. The SMILES string of the molecule is C[C@]12CC[C@@H](O)C[C@@H]1CC[C@@H]1[C@H]2CC[C@@]2(C)[C@@H]1CC[C@@H]2[NH3+]. The Morgan fingerprint density at radius 1 is 0.857 bits per heavy atom. The van der Waals surface area contributed by atoms with E-state index in [9.17, 15) is 5.11 Å². The molecule has 0 radical (unpaired) electrons. The number of aliphatic hydroxyl groups is 1. The molecule has 0 aromatic rings. The minimum atomic E-state index is -0.0100. The van der Waals surface area contributed by atoms with Crippen LogP contribution in [0.3, 0.4) is 0 Å². The summed E-state index contributed by atoms with van der Waals surface area (Å²) in [4.78, 5) is 0. The summed E-state index contributed by atoms with van der Waals surface area (Å²) in [5.74, 6) is 3.64. The van der Waals surface area contributed by atoms with Gasteiger partial charge in [0.2, 0.25) is 0 Å². The molecule has 0 aliphatic heterocycles. The molecular weight excluding hydrogens is 258 g/mol. The van der Waals surface area contributed by atoms with E-state index in [1.54, 1.807) is 0 Å². The van der Waals surface area contributed by atoms with Crippen molar-refractivity contribution in [3.63, 3.8) is 0 Å². The summed E-state index contributed by atoms with van der Waals surface area (Å²) in [5, 5.41) is 10.1. The molecule has 8 atom stereocenters. The van der Waals surface area contributed by atoms with Crippen LogP contribution in [0.25, 0.3) is 0 Å². The number of hydrogen-bond donors (Lipinski definition) is 2. The first-order valence-corrected chi connectivity index (χ1v) is 9.46. The summed E-state index contributed by atoms with van der Waals surface area (Å²) in [6, 6.07) is 0.696. The van der Waals surface area contributed by atoms with Gasteiger partial charge >= 0.3 is 0 Å². The fourth-order valence-electron chi connectivity index (χ4n) is 7.34. The molecule has 0 spiro atoms. The second-order valence-electron chi connectivity index (χ2n) is 9.40. The van der Waals surface area contributed by atoms with Crippen LogP contribution in [-0.4, -0.2) is 17.3 Å². The van der Waals surface area contributed by atoms with Crippen LogP contribution < -0.4 is 5.73 Å². The molecule has 2 nitrogen and oxygen atoms in total. The third-order valence-corrected chi connectivity index (χ3v) is 8.83. The Bertz CT molecular complexity index is 424. The Kier molecular flexibility index (Phi) is 3.25. The molecule has 0 heterocycles. The maximum Gasteiger partial charge on any atom is 0.0900 e. The zero-order chi connectivity index (χ0) is 14.8. The van der Waals surface area contributed by atoms with E-state index < -0.39 is 0 Å². The van der Waals surface area contributed by atoms with Gasteiger partial charge in [-0.3, -0.25) is 0 Å². The third-order valence-electron chi connectivity index (χ3n) is 8.83. The average molecular weight is 292 g/mol. The highest BCUT2D eigenvalue weighted by Crippen LogP contribution is 2.65. The summed E-state index contributed by atoms with van der Waals surface area (Å²) in [5.41, 5.74) is 5.58. The topological polar surface area (TPSA) is 47.9 Å². The standard InChI is InChI=1S/C19H33NO/c1-18-9-7-13(21)11-12(18)3-4-14-15-5-6-17(20)19(15,2)10-8-16(14)18/h12-17,21H,3-11,20H2,1-2H3/p+1/t12-,13+,14-,15+,16+,17-,18-,19-/m0/s1. The average Bonchev–Trinajstić information content (AvgIpc) is 2.76. The van der Waals surface area contributed by atoms with Gasteiger partial charge < -0.3 is 10.8 Å². The van der Waals surface area contributed by atoms with E-state index >= 15 is 0 Å². The lowest BCUT2D eigenvalue weighted by molar-refractivity contribution is -0.445. The molecule has 0 aromatic carbocycles. The van der Waals surface area contributed by atoms with Crippen LogP contribution in [0, 0.1) is 34.5 Å². The van der Waals surface area contributed by atoms with Crippen LogP contribution in [0.2, 0.25) is 0 Å². The molecule has 0 aromatic heterocycles. The predicted molar refractivity (Wildman–Crippen MR) is 84.4 cm³/mol. The Labute approximate surface area is 129 Å². The number of fused-ring (bicyclic) bond motifs is 5. The van der Waals surface area contributed by atoms with Crippen molar-refractivity contribution in [2.45, 2.75) is 83.8 Å². The largest absolute Gasteiger partial charge is 0.393 e. The second kappa shape index (κ2) is 4.71. The highest BCUT2D eigenvalue weighted by Gasteiger charge is 2.60. The first kappa shape index (κ1) is 14.5. The van der Waals surface area contributed by atoms with Crippen LogP contribution in [0.4, 0.5) is 0 Å². The van der Waals surface area contributed by atoms with Crippen molar-refractivity contribution in [1.82, 2.24) is 0 Å². The van der Waals surface area contributed by atoms with Gasteiger partial charge in [0, 0.05) is 11.8 Å². The van der Waals surface area contributed by atoms with Gasteiger partial charge in [0.25, 0.3) is 0 Å². The molecule has 0 saturated heterocycles. The van der Waals surface area contributed by atoms with Crippen molar-refractivity contribution in [2.75, 3.05) is 0 Å². The van der Waals surface area contributed by atoms with E-state index in [0.717, 1.165) is 36.5 Å². The maximum absolute atomic E-state index is 10.1. The fraction of sp³-hybridized carbons (Fsp3) is 1.00. The molecule has 4 aliphatic carbocycles. The Morgan fingerprint density at radius 2 is 1.57 bits per heavy atom. The number of hydrogen-bond acceptors (Lipinski definition) is 1. The minimum Gasteiger partial charge on any atom is -0.393 e. The minimum absolute atomic E-state index is 0.0100. The van der Waals surface area contributed by atoms with Gasteiger partial charge in [-0.15, -0.1) is 0 Å². The predicted octanol–water partition coefficient (Wildman–Crippen LogP) is 3.00. The Balaban J connectivity index is 1.62. The third kappa shape index (κ3) is 1.91. The van der Waals surface area contributed by atoms with Crippen molar-refractivity contribution in [1.29, 1.82) is 0 Å². The molecule has 0 amide bonds. The molecule has 120 valence electrons. The van der Waals surface area contributed by atoms with Gasteiger partial charge in [0.05, 0.1) is 12.1 Å². The molecule has 0 unspecified atom stereocenters. The smallest absolute Gasteiger partial charge is 0.0900 e. The number of rotatable bonds is 0. The zero-order valence-electron chi connectivity index (χ0n) is 14.0. The molecule has 4 fully saturated rings. The summed E-state index contributed by atoms with van der Waals surface area (Å²) in [6.45, 7) is 5.14. The normalized spacial score (nSPS) is 60.0. The highest BCUT2D eigenvalue weighted by molar-refractivity contribution is 5.09. The summed E-state index contributed by atoms with van der Waals surface area (Å²) in [7, 11) is 0. The summed E-state index contributed by atoms with van der Waals surface area (Å²) >= 11 is 0. The maximum atomic E-state index is 10.1. The molecule has 4 saturated carbocycles. The molecular formula is C19H34NO+. The quantitative estimate of drug-likeness (QED) is 0.708. The van der Waals surface area contributed by atoms with Crippen molar-refractivity contribution in [2.24, 2.45) is 34.5 Å². The van der Waals surface area contributed by atoms with E-state index in [4.69, 9.17) is 0 Å². The molecule has 4 rings (SSSR count). The van der Waals surface area contributed by atoms with Crippen LogP contribution in [0.1, 0.15) is 71.6 Å². The van der Waals surface area contributed by atoms with Gasteiger partial charge in [-0.25, -0.2) is 0 Å². The summed E-state index contributed by atoms with van der Waals surface area (Å²) in [6.07, 6.45) is 11.9. The number of aliphatic hydroxyl groups excluding tert-OH is 1. The molecule has 4 aliphatic rings. The zero-order valence-corrected chi connectivity index (χ0v) is 14.0. The Hall–Kier alpha value is -0.0800. The highest BCUT2D eigenvalue weighted by atomic mass is 16.3. The number of quaternary nitrogens is 1. The van der Waals surface area contributed by atoms with Crippen LogP contribution in [-0.2, 0) is 0 Å². The van der Waals surface area contributed by atoms with E-state index in [1.165, 1.54) is 44.9 Å². The van der Waals surface area contributed by atoms with Gasteiger partial charge in [0.1, 0.15) is 0 Å². The van der Waals surface area contributed by atoms with E-state index in [0.29, 0.717) is 16.9 Å². The van der Waals surface area contributed by atoms with E-state index in [2.05, 4.69) is 19.6 Å². The summed E-state index contributed by atoms with van der Waals surface area (Å²) < 4.78 is 0. The first-order chi connectivity index (χ1) is 9.95. The van der Waals surface area contributed by atoms with Crippen LogP contribution in [0.15, 0.2) is 0 Å². The van der Waals surface area contributed by atoms with Gasteiger partial charge in [0.15, 0.2) is 0 Å². The fourth-order valence-corrected chi connectivity index (χ4v) is 7.34. The second-order valence-corrected chi connectivity index (χ2v) is 9.40. The molecule has 2 heteroatoms. The monoisotopic (exact) mass is 292 g/mol. The van der Waals surface area contributed by atoms with Crippen molar-refractivity contribution in [3.05, 3.63) is 0 Å². The molecule has 4 N–H and O–H groups in total. The van der Waals surface area contributed by atoms with E-state index in [-0.39, 0.29) is 6.10 Å². The lowest BCUT2D eigenvalue weighted by Gasteiger charge is -2.60.